The number of fused-ring (bicyclic) bond motifs is 2. The van der Waals surface area contributed by atoms with Crippen molar-refractivity contribution in [3.05, 3.63) is 48.3 Å². The number of aromatic nitrogens is 4. The number of rotatable bonds is 2. The normalized spacial score (nSPS) is 22.4. The molecular formula is C23H25N5O. The predicted octanol–water partition coefficient (Wildman–Crippen LogP) is 4.13. The molecule has 2 atom stereocenters. The zero-order valence-corrected chi connectivity index (χ0v) is 16.9. The fraction of sp³-hybridized carbons (Fsp3) is 0.348. The fourth-order valence-electron chi connectivity index (χ4n) is 4.61. The van der Waals surface area contributed by atoms with Gasteiger partial charge in [0.05, 0.1) is 22.2 Å². The van der Waals surface area contributed by atoms with Gasteiger partial charge in [-0.15, -0.1) is 0 Å². The van der Waals surface area contributed by atoms with Gasteiger partial charge in [-0.2, -0.15) is 5.10 Å². The summed E-state index contributed by atoms with van der Waals surface area (Å²) < 4.78 is 1.75. The highest BCUT2D eigenvalue weighted by Crippen LogP contribution is 2.34. The Labute approximate surface area is 169 Å². The Kier molecular flexibility index (Phi) is 4.24. The van der Waals surface area contributed by atoms with Gasteiger partial charge in [0.2, 0.25) is 0 Å². The fourth-order valence-corrected chi connectivity index (χ4v) is 4.61. The summed E-state index contributed by atoms with van der Waals surface area (Å²) in [5.41, 5.74) is 5.09. The quantitative estimate of drug-likeness (QED) is 0.541. The van der Waals surface area contributed by atoms with Crippen LogP contribution in [0.15, 0.2) is 42.6 Å². The number of piperidine rings is 1. The van der Waals surface area contributed by atoms with Gasteiger partial charge in [-0.25, -0.2) is 4.98 Å². The number of aryl methyl sites for hydroxylation is 1. The Hall–Kier alpha value is -2.99. The van der Waals surface area contributed by atoms with Crippen molar-refractivity contribution in [3.8, 4) is 17.0 Å². The number of aromatic hydroxyl groups is 1. The van der Waals surface area contributed by atoms with Crippen LogP contribution in [0.25, 0.3) is 33.2 Å². The third-order valence-electron chi connectivity index (χ3n) is 5.84. The Morgan fingerprint density at radius 3 is 2.48 bits per heavy atom. The lowest BCUT2D eigenvalue weighted by Crippen LogP contribution is -2.41. The third-order valence-corrected chi connectivity index (χ3v) is 5.84. The van der Waals surface area contributed by atoms with E-state index in [0.717, 1.165) is 46.2 Å². The molecule has 0 saturated carbocycles. The van der Waals surface area contributed by atoms with E-state index < -0.39 is 0 Å². The molecule has 4 heterocycles. The van der Waals surface area contributed by atoms with Crippen LogP contribution in [0.1, 0.15) is 38.3 Å². The van der Waals surface area contributed by atoms with Gasteiger partial charge in [0.25, 0.3) is 0 Å². The summed E-state index contributed by atoms with van der Waals surface area (Å²) in [5.74, 6) is 0.660. The maximum absolute atomic E-state index is 10.5. The molecule has 0 unspecified atom stereocenters. The second-order valence-corrected chi connectivity index (χ2v) is 8.34. The van der Waals surface area contributed by atoms with E-state index in [1.165, 1.54) is 0 Å². The molecule has 0 bridgehead atoms. The minimum absolute atomic E-state index is 0.185. The van der Waals surface area contributed by atoms with Gasteiger partial charge in [0.1, 0.15) is 5.75 Å². The molecule has 1 fully saturated rings. The van der Waals surface area contributed by atoms with Crippen molar-refractivity contribution >= 4 is 21.9 Å². The molecular weight excluding hydrogens is 362 g/mol. The van der Waals surface area contributed by atoms with Gasteiger partial charge in [-0.3, -0.25) is 9.67 Å². The topological polar surface area (TPSA) is 75.9 Å². The molecule has 6 nitrogen and oxygen atoms in total. The Balaban J connectivity index is 1.52. The predicted molar refractivity (Wildman–Crippen MR) is 115 cm³/mol. The number of nitrogens with one attached hydrogen (secondary N) is 1. The first-order valence-electron chi connectivity index (χ1n) is 10.2. The molecule has 0 amide bonds. The molecule has 2 N–H and O–H groups in total. The Morgan fingerprint density at radius 1 is 0.966 bits per heavy atom. The zero-order valence-electron chi connectivity index (χ0n) is 16.9. The van der Waals surface area contributed by atoms with E-state index in [9.17, 15) is 5.11 Å². The summed E-state index contributed by atoms with van der Waals surface area (Å²) in [6.45, 7) is 4.48. The first-order chi connectivity index (χ1) is 14.0. The van der Waals surface area contributed by atoms with Gasteiger partial charge < -0.3 is 10.4 Å². The van der Waals surface area contributed by atoms with Crippen LogP contribution in [0.3, 0.4) is 0 Å². The highest BCUT2D eigenvalue weighted by Gasteiger charge is 2.25. The summed E-state index contributed by atoms with van der Waals surface area (Å²) in [6.07, 6.45) is 4.15. The average molecular weight is 387 g/mol. The average Bonchev–Trinajstić information content (AvgIpc) is 3.04. The number of pyridine rings is 2. The van der Waals surface area contributed by atoms with Crippen molar-refractivity contribution in [1.29, 1.82) is 0 Å². The largest absolute Gasteiger partial charge is 0.507 e. The molecule has 0 radical (unpaired) electrons. The molecule has 0 aliphatic carbocycles. The number of hydrogen-bond acceptors (Lipinski definition) is 5. The second-order valence-electron chi connectivity index (χ2n) is 8.34. The molecule has 1 aromatic carbocycles. The highest BCUT2D eigenvalue weighted by atomic mass is 16.3. The van der Waals surface area contributed by atoms with Crippen LogP contribution in [-0.4, -0.2) is 36.9 Å². The summed E-state index contributed by atoms with van der Waals surface area (Å²) in [7, 11) is 1.87. The van der Waals surface area contributed by atoms with Crippen LogP contribution < -0.4 is 5.32 Å². The van der Waals surface area contributed by atoms with Crippen molar-refractivity contribution < 1.29 is 5.11 Å². The molecule has 1 saturated heterocycles. The van der Waals surface area contributed by atoms with E-state index in [4.69, 9.17) is 9.97 Å². The van der Waals surface area contributed by atoms with E-state index in [2.05, 4.69) is 36.4 Å². The summed E-state index contributed by atoms with van der Waals surface area (Å²) >= 11 is 0. The molecule has 4 aromatic rings. The van der Waals surface area contributed by atoms with E-state index in [1.807, 2.05) is 31.4 Å². The molecule has 1 aliphatic heterocycles. The van der Waals surface area contributed by atoms with Crippen molar-refractivity contribution in [2.24, 2.45) is 7.05 Å². The van der Waals surface area contributed by atoms with Crippen molar-refractivity contribution in [2.45, 2.75) is 44.7 Å². The minimum Gasteiger partial charge on any atom is -0.507 e. The Bertz CT molecular complexity index is 1200. The molecule has 3 aromatic heterocycles. The minimum atomic E-state index is 0.185. The van der Waals surface area contributed by atoms with E-state index in [-0.39, 0.29) is 5.75 Å². The van der Waals surface area contributed by atoms with Gasteiger partial charge in [-0.1, -0.05) is 0 Å². The summed E-state index contributed by atoms with van der Waals surface area (Å²) in [4.78, 5) is 9.69. The van der Waals surface area contributed by atoms with Gasteiger partial charge >= 0.3 is 0 Å². The van der Waals surface area contributed by atoms with Crippen LogP contribution in [0.4, 0.5) is 0 Å². The van der Waals surface area contributed by atoms with Gasteiger partial charge in [0, 0.05) is 54.0 Å². The number of phenolic OH excluding ortho intramolecular Hbond substituents is 1. The molecule has 5 rings (SSSR count). The third kappa shape index (κ3) is 3.34. The van der Waals surface area contributed by atoms with Crippen molar-refractivity contribution in [3.63, 3.8) is 0 Å². The first-order valence-corrected chi connectivity index (χ1v) is 10.2. The molecule has 1 aliphatic rings. The zero-order chi connectivity index (χ0) is 20.1. The molecule has 0 spiro atoms. The molecule has 29 heavy (non-hydrogen) atoms. The highest BCUT2D eigenvalue weighted by molar-refractivity contribution is 5.88. The SMILES string of the molecule is C[C@@H]1CC(c2ccc3nc(-c4cc5cn(C)nc5cc4O)ccc3n2)C[C@@H](C)N1. The van der Waals surface area contributed by atoms with E-state index in [0.29, 0.717) is 23.6 Å². The van der Waals surface area contributed by atoms with E-state index in [1.54, 1.807) is 10.7 Å². The van der Waals surface area contributed by atoms with Crippen LogP contribution in [0, 0.1) is 0 Å². The maximum Gasteiger partial charge on any atom is 0.127 e. The van der Waals surface area contributed by atoms with Crippen LogP contribution >= 0.6 is 0 Å². The number of nitrogens with zero attached hydrogens (tertiary/aromatic N) is 4. The maximum atomic E-state index is 10.5. The van der Waals surface area contributed by atoms with Crippen LogP contribution in [0.2, 0.25) is 0 Å². The van der Waals surface area contributed by atoms with E-state index >= 15 is 0 Å². The second kappa shape index (κ2) is 6.81. The standard InChI is InChI=1S/C23H25N5O/c1-13-8-15(9-14(2)24-13)18-4-6-21-20(25-18)7-5-19(26-21)17-10-16-12-28(3)27-22(16)11-23(17)29/h4-7,10-15,24,29H,8-9H2,1-3H3/t13-,14-/m1/s1. The Morgan fingerprint density at radius 2 is 1.69 bits per heavy atom. The smallest absolute Gasteiger partial charge is 0.127 e. The lowest BCUT2D eigenvalue weighted by Gasteiger charge is -2.32. The van der Waals surface area contributed by atoms with Crippen LogP contribution in [-0.2, 0) is 7.05 Å². The first kappa shape index (κ1) is 18.1. The molecule has 148 valence electrons. The number of hydrogen-bond donors (Lipinski definition) is 2. The number of phenols is 1. The lowest BCUT2D eigenvalue weighted by molar-refractivity contribution is 0.314. The van der Waals surface area contributed by atoms with Crippen molar-refractivity contribution in [1.82, 2.24) is 25.1 Å². The monoisotopic (exact) mass is 387 g/mol. The summed E-state index contributed by atoms with van der Waals surface area (Å²) in [6, 6.07) is 12.7. The van der Waals surface area contributed by atoms with Crippen LogP contribution in [0.5, 0.6) is 5.75 Å². The summed E-state index contributed by atoms with van der Waals surface area (Å²) in [5, 5.41) is 19.4. The molecule has 6 heteroatoms. The van der Waals surface area contributed by atoms with Gasteiger partial charge in [-0.05, 0) is 57.0 Å². The van der Waals surface area contributed by atoms with Gasteiger partial charge in [0.15, 0.2) is 0 Å². The lowest BCUT2D eigenvalue weighted by atomic mass is 9.86. The number of benzene rings is 1. The van der Waals surface area contributed by atoms with Crippen molar-refractivity contribution in [2.75, 3.05) is 0 Å².